The van der Waals surface area contributed by atoms with Crippen LogP contribution in [-0.4, -0.2) is 35.9 Å². The van der Waals surface area contributed by atoms with Crippen LogP contribution in [0.2, 0.25) is 0 Å². The van der Waals surface area contributed by atoms with Crippen LogP contribution in [0.3, 0.4) is 0 Å². The van der Waals surface area contributed by atoms with Crippen LogP contribution >= 0.6 is 0 Å². The predicted molar refractivity (Wildman–Crippen MR) is 128 cm³/mol. The molecule has 0 saturated carbocycles. The summed E-state index contributed by atoms with van der Waals surface area (Å²) in [5.41, 5.74) is 5.25. The van der Waals surface area contributed by atoms with Crippen LogP contribution < -0.4 is 5.32 Å². The Hall–Kier alpha value is -4.59. The van der Waals surface area contributed by atoms with E-state index in [9.17, 15) is 4.79 Å². The maximum Gasteiger partial charge on any atom is 0.243 e. The first-order valence-corrected chi connectivity index (χ1v) is 11.0. The number of benzene rings is 3. The van der Waals surface area contributed by atoms with E-state index in [1.165, 1.54) is 10.4 Å². The number of carbonyl (C=O) groups excluding carboxylic acids is 1. The highest BCUT2D eigenvalue weighted by Gasteiger charge is 2.11. The van der Waals surface area contributed by atoms with Crippen molar-refractivity contribution in [2.24, 2.45) is 0 Å². The zero-order valence-corrected chi connectivity index (χ0v) is 18.5. The third kappa shape index (κ3) is 5.07. The lowest BCUT2D eigenvalue weighted by Gasteiger charge is -2.12. The summed E-state index contributed by atoms with van der Waals surface area (Å²) in [4.78, 5) is 13.8. The number of nitrogens with zero attached hydrogens (tertiary/aromatic N) is 6. The molecule has 1 N–H and O–H groups in total. The molecule has 3 aromatic carbocycles. The van der Waals surface area contributed by atoms with E-state index in [1.807, 2.05) is 65.5 Å². The van der Waals surface area contributed by atoms with Gasteiger partial charge in [-0.1, -0.05) is 78.9 Å². The average Bonchev–Trinajstić information content (AvgIpc) is 3.56. The van der Waals surface area contributed by atoms with Crippen molar-refractivity contribution in [3.8, 4) is 22.5 Å². The Morgan fingerprint density at radius 3 is 2.44 bits per heavy atom. The second-order valence-corrected chi connectivity index (χ2v) is 7.84. The van der Waals surface area contributed by atoms with Crippen LogP contribution in [-0.2, 0) is 24.4 Å². The van der Waals surface area contributed by atoms with Crippen LogP contribution in [0.1, 0.15) is 11.1 Å². The predicted octanol–water partition coefficient (Wildman–Crippen LogP) is 3.57. The van der Waals surface area contributed by atoms with Gasteiger partial charge in [0.1, 0.15) is 6.54 Å². The van der Waals surface area contributed by atoms with Gasteiger partial charge in [0.05, 0.1) is 6.54 Å². The molecule has 0 fully saturated rings. The molecule has 8 nitrogen and oxygen atoms in total. The summed E-state index contributed by atoms with van der Waals surface area (Å²) >= 11 is 0. The van der Waals surface area contributed by atoms with Gasteiger partial charge in [0.15, 0.2) is 0 Å². The first kappa shape index (κ1) is 21.3. The minimum atomic E-state index is -0.179. The van der Waals surface area contributed by atoms with Crippen LogP contribution in [0.15, 0.2) is 97.3 Å². The molecule has 0 saturated heterocycles. The Morgan fingerprint density at radius 1 is 0.853 bits per heavy atom. The summed E-state index contributed by atoms with van der Waals surface area (Å²) in [6.07, 6.45) is 3.73. The second kappa shape index (κ2) is 9.91. The van der Waals surface area contributed by atoms with Gasteiger partial charge in [-0.25, -0.2) is 0 Å². The Kier molecular flexibility index (Phi) is 6.20. The van der Waals surface area contributed by atoms with Gasteiger partial charge in [0.25, 0.3) is 0 Å². The Bertz CT molecular complexity index is 1360. The lowest BCUT2D eigenvalue weighted by molar-refractivity contribution is -0.122. The number of amides is 1. The molecule has 0 aliphatic rings. The fourth-order valence-corrected chi connectivity index (χ4v) is 3.72. The van der Waals surface area contributed by atoms with E-state index in [1.54, 1.807) is 6.20 Å². The largest absolute Gasteiger partial charge is 0.350 e. The van der Waals surface area contributed by atoms with Crippen molar-refractivity contribution in [1.29, 1.82) is 0 Å². The topological polar surface area (TPSA) is 90.5 Å². The maximum atomic E-state index is 12.5. The molecule has 168 valence electrons. The molecule has 2 aromatic heterocycles. The summed E-state index contributed by atoms with van der Waals surface area (Å²) < 4.78 is 1.89. The lowest BCUT2D eigenvalue weighted by atomic mass is 9.98. The summed E-state index contributed by atoms with van der Waals surface area (Å²) in [5, 5.41) is 19.6. The Morgan fingerprint density at radius 2 is 1.65 bits per heavy atom. The standard InChI is InChI=1S/C26H23N7O/c34-25(19-33-30-26(29-31-33)22-7-2-1-3-8-22)27-17-23-9-4-5-10-24(23)21-13-11-20(12-14-21)18-32-16-6-15-28-32/h1-16H,17-19H2,(H,27,34). The molecule has 0 aliphatic carbocycles. The molecule has 5 aromatic rings. The highest BCUT2D eigenvalue weighted by atomic mass is 16.2. The molecular formula is C26H23N7O. The van der Waals surface area contributed by atoms with E-state index in [0.29, 0.717) is 12.4 Å². The van der Waals surface area contributed by atoms with Gasteiger partial charge < -0.3 is 5.32 Å². The molecule has 34 heavy (non-hydrogen) atoms. The van der Waals surface area contributed by atoms with E-state index in [0.717, 1.165) is 28.8 Å². The number of hydrogen-bond donors (Lipinski definition) is 1. The van der Waals surface area contributed by atoms with Gasteiger partial charge in [-0.3, -0.25) is 9.48 Å². The van der Waals surface area contributed by atoms with Crippen LogP contribution in [0, 0.1) is 0 Å². The van der Waals surface area contributed by atoms with Gasteiger partial charge >= 0.3 is 0 Å². The number of tetrazole rings is 1. The van der Waals surface area contributed by atoms with Crippen molar-refractivity contribution in [3.05, 3.63) is 108 Å². The SMILES string of the molecule is O=C(Cn1nnc(-c2ccccc2)n1)NCc1ccccc1-c1ccc(Cn2cccn2)cc1. The van der Waals surface area contributed by atoms with E-state index in [2.05, 4.69) is 56.2 Å². The van der Waals surface area contributed by atoms with Crippen molar-refractivity contribution in [2.45, 2.75) is 19.6 Å². The first-order valence-electron chi connectivity index (χ1n) is 11.0. The normalized spacial score (nSPS) is 10.8. The maximum absolute atomic E-state index is 12.5. The highest BCUT2D eigenvalue weighted by molar-refractivity contribution is 5.76. The Labute approximate surface area is 196 Å². The monoisotopic (exact) mass is 449 g/mol. The third-order valence-corrected chi connectivity index (χ3v) is 5.43. The van der Waals surface area contributed by atoms with E-state index >= 15 is 0 Å². The van der Waals surface area contributed by atoms with Crippen molar-refractivity contribution in [2.75, 3.05) is 0 Å². The third-order valence-electron chi connectivity index (χ3n) is 5.43. The lowest BCUT2D eigenvalue weighted by Crippen LogP contribution is -2.28. The minimum absolute atomic E-state index is 0.00409. The van der Waals surface area contributed by atoms with E-state index in [-0.39, 0.29) is 12.5 Å². The molecule has 0 radical (unpaired) electrons. The van der Waals surface area contributed by atoms with Gasteiger partial charge in [-0.15, -0.1) is 10.2 Å². The number of rotatable bonds is 8. The van der Waals surface area contributed by atoms with Crippen molar-refractivity contribution in [3.63, 3.8) is 0 Å². The van der Waals surface area contributed by atoms with E-state index < -0.39 is 0 Å². The molecule has 1 amide bonds. The number of aromatic nitrogens is 6. The molecule has 0 aliphatic heterocycles. The fraction of sp³-hybridized carbons (Fsp3) is 0.115. The average molecular weight is 450 g/mol. The number of hydrogen-bond acceptors (Lipinski definition) is 5. The smallest absolute Gasteiger partial charge is 0.243 e. The molecule has 0 atom stereocenters. The quantitative estimate of drug-likeness (QED) is 0.391. The Balaban J connectivity index is 1.22. The number of carbonyl (C=O) groups is 1. The molecular weight excluding hydrogens is 426 g/mol. The van der Waals surface area contributed by atoms with Crippen LogP contribution in [0.25, 0.3) is 22.5 Å². The second-order valence-electron chi connectivity index (χ2n) is 7.84. The van der Waals surface area contributed by atoms with E-state index in [4.69, 9.17) is 0 Å². The van der Waals surface area contributed by atoms with Gasteiger partial charge in [0, 0.05) is 24.5 Å². The zero-order chi connectivity index (χ0) is 23.2. The highest BCUT2D eigenvalue weighted by Crippen LogP contribution is 2.24. The summed E-state index contributed by atoms with van der Waals surface area (Å²) in [7, 11) is 0. The summed E-state index contributed by atoms with van der Waals surface area (Å²) in [6.45, 7) is 1.14. The van der Waals surface area contributed by atoms with Crippen molar-refractivity contribution < 1.29 is 4.79 Å². The first-order chi connectivity index (χ1) is 16.7. The van der Waals surface area contributed by atoms with Gasteiger partial charge in [-0.2, -0.15) is 9.90 Å². The molecule has 0 unspecified atom stereocenters. The minimum Gasteiger partial charge on any atom is -0.350 e. The van der Waals surface area contributed by atoms with Crippen LogP contribution in [0.5, 0.6) is 0 Å². The summed E-state index contributed by atoms with van der Waals surface area (Å²) in [5.74, 6) is 0.316. The molecule has 0 spiro atoms. The molecule has 5 rings (SSSR count). The molecule has 0 bridgehead atoms. The summed E-state index contributed by atoms with van der Waals surface area (Å²) in [6, 6.07) is 27.9. The van der Waals surface area contributed by atoms with Crippen LogP contribution in [0.4, 0.5) is 0 Å². The molecule has 8 heteroatoms. The number of nitrogens with one attached hydrogen (secondary N) is 1. The fourth-order valence-electron chi connectivity index (χ4n) is 3.72. The zero-order valence-electron chi connectivity index (χ0n) is 18.5. The molecule has 2 heterocycles. The van der Waals surface area contributed by atoms with Crippen molar-refractivity contribution >= 4 is 5.91 Å². The van der Waals surface area contributed by atoms with Crippen molar-refractivity contribution in [1.82, 2.24) is 35.3 Å². The van der Waals surface area contributed by atoms with Gasteiger partial charge in [-0.05, 0) is 33.5 Å². The van der Waals surface area contributed by atoms with Gasteiger partial charge in [0.2, 0.25) is 11.7 Å².